The minimum Gasteiger partial charge on any atom is -0.421 e. The Bertz CT molecular complexity index is 390. The van der Waals surface area contributed by atoms with Gasteiger partial charge in [0.05, 0.1) is 5.69 Å². The van der Waals surface area contributed by atoms with Crippen molar-refractivity contribution in [2.45, 2.75) is 33.6 Å². The Labute approximate surface area is 101 Å². The summed E-state index contributed by atoms with van der Waals surface area (Å²) < 4.78 is 18.3. The topological polar surface area (TPSA) is 52.3 Å². The first-order valence-electron chi connectivity index (χ1n) is 5.54. The normalized spacial score (nSPS) is 11.3. The molecular formula is C13H18FNO2. The summed E-state index contributed by atoms with van der Waals surface area (Å²) in [7, 11) is 0. The summed E-state index contributed by atoms with van der Waals surface area (Å²) in [4.78, 5) is 11.5. The number of carbonyl (C=O) groups excluding carboxylic acids is 1. The van der Waals surface area contributed by atoms with Crippen molar-refractivity contribution in [3.8, 4) is 5.75 Å². The maximum atomic E-state index is 13.3. The molecule has 94 valence electrons. The molecule has 0 fully saturated rings. The van der Waals surface area contributed by atoms with Crippen LogP contribution < -0.4 is 10.5 Å². The molecule has 3 nitrogen and oxygen atoms in total. The molecule has 1 rings (SSSR count). The smallest absolute Gasteiger partial charge is 0.311 e. The molecule has 1 aromatic carbocycles. The van der Waals surface area contributed by atoms with E-state index in [4.69, 9.17) is 10.5 Å². The van der Waals surface area contributed by atoms with Gasteiger partial charge in [0.1, 0.15) is 0 Å². The molecule has 0 radical (unpaired) electrons. The van der Waals surface area contributed by atoms with Gasteiger partial charge in [-0.25, -0.2) is 4.39 Å². The molecule has 0 aliphatic heterocycles. The van der Waals surface area contributed by atoms with Gasteiger partial charge < -0.3 is 10.5 Å². The van der Waals surface area contributed by atoms with E-state index in [2.05, 4.69) is 0 Å². The van der Waals surface area contributed by atoms with E-state index in [-0.39, 0.29) is 23.3 Å². The fourth-order valence-electron chi connectivity index (χ4n) is 1.28. The lowest BCUT2D eigenvalue weighted by Gasteiger charge is -2.17. The SMILES string of the molecule is CC(C)(C)CCC(=O)Oc1c(N)cccc1F. The molecule has 0 unspecified atom stereocenters. The van der Waals surface area contributed by atoms with Crippen LogP contribution >= 0.6 is 0 Å². The first kappa shape index (κ1) is 13.5. The van der Waals surface area contributed by atoms with Crippen molar-refractivity contribution in [2.24, 2.45) is 5.41 Å². The lowest BCUT2D eigenvalue weighted by Crippen LogP contribution is -2.14. The van der Waals surface area contributed by atoms with Crippen LogP contribution in [0, 0.1) is 11.2 Å². The molecule has 0 amide bonds. The van der Waals surface area contributed by atoms with Crippen LogP contribution in [0.3, 0.4) is 0 Å². The van der Waals surface area contributed by atoms with E-state index in [0.717, 1.165) is 0 Å². The summed E-state index contributed by atoms with van der Waals surface area (Å²) in [5, 5.41) is 0. The number of nitrogens with two attached hydrogens (primary N) is 1. The number of carbonyl (C=O) groups is 1. The predicted molar refractivity (Wildman–Crippen MR) is 65.1 cm³/mol. The quantitative estimate of drug-likeness (QED) is 0.501. The second kappa shape index (κ2) is 5.17. The van der Waals surface area contributed by atoms with Gasteiger partial charge in [0.15, 0.2) is 11.6 Å². The summed E-state index contributed by atoms with van der Waals surface area (Å²) >= 11 is 0. The highest BCUT2D eigenvalue weighted by atomic mass is 19.1. The Morgan fingerprint density at radius 3 is 2.59 bits per heavy atom. The highest BCUT2D eigenvalue weighted by Crippen LogP contribution is 2.26. The Morgan fingerprint density at radius 2 is 2.06 bits per heavy atom. The fourth-order valence-corrected chi connectivity index (χ4v) is 1.28. The monoisotopic (exact) mass is 239 g/mol. The van der Waals surface area contributed by atoms with Gasteiger partial charge >= 0.3 is 5.97 Å². The number of halogens is 1. The third kappa shape index (κ3) is 4.43. The van der Waals surface area contributed by atoms with E-state index in [1.54, 1.807) is 0 Å². The van der Waals surface area contributed by atoms with Gasteiger partial charge in [-0.1, -0.05) is 26.8 Å². The van der Waals surface area contributed by atoms with Crippen molar-refractivity contribution >= 4 is 11.7 Å². The Morgan fingerprint density at radius 1 is 1.41 bits per heavy atom. The van der Waals surface area contributed by atoms with Gasteiger partial charge in [-0.2, -0.15) is 0 Å². The lowest BCUT2D eigenvalue weighted by molar-refractivity contribution is -0.135. The number of nitrogen functional groups attached to an aromatic ring is 1. The zero-order valence-electron chi connectivity index (χ0n) is 10.4. The summed E-state index contributed by atoms with van der Waals surface area (Å²) in [6, 6.07) is 4.18. The van der Waals surface area contributed by atoms with Gasteiger partial charge in [0.25, 0.3) is 0 Å². The van der Waals surface area contributed by atoms with Crippen LogP contribution in [0.4, 0.5) is 10.1 Å². The van der Waals surface area contributed by atoms with E-state index in [0.29, 0.717) is 6.42 Å². The van der Waals surface area contributed by atoms with E-state index in [1.807, 2.05) is 20.8 Å². The molecule has 0 aliphatic rings. The maximum Gasteiger partial charge on any atom is 0.311 e. The first-order valence-corrected chi connectivity index (χ1v) is 5.54. The van der Waals surface area contributed by atoms with Crippen molar-refractivity contribution in [3.63, 3.8) is 0 Å². The number of hydrogen-bond acceptors (Lipinski definition) is 3. The fraction of sp³-hybridized carbons (Fsp3) is 0.462. The highest BCUT2D eigenvalue weighted by molar-refractivity contribution is 5.74. The summed E-state index contributed by atoms with van der Waals surface area (Å²) in [5.74, 6) is -1.25. The average Bonchev–Trinajstić information content (AvgIpc) is 2.20. The second-order valence-electron chi connectivity index (χ2n) is 5.19. The van der Waals surface area contributed by atoms with Crippen molar-refractivity contribution in [1.82, 2.24) is 0 Å². The number of benzene rings is 1. The van der Waals surface area contributed by atoms with E-state index < -0.39 is 11.8 Å². The number of anilines is 1. The molecule has 0 heterocycles. The third-order valence-corrected chi connectivity index (χ3v) is 2.29. The van der Waals surface area contributed by atoms with Crippen molar-refractivity contribution < 1.29 is 13.9 Å². The van der Waals surface area contributed by atoms with Crippen molar-refractivity contribution in [3.05, 3.63) is 24.0 Å². The Kier molecular flexibility index (Phi) is 4.10. The molecule has 1 aromatic rings. The van der Waals surface area contributed by atoms with Crippen LogP contribution in [0.15, 0.2) is 18.2 Å². The molecule has 2 N–H and O–H groups in total. The number of para-hydroxylation sites is 1. The lowest BCUT2D eigenvalue weighted by atomic mass is 9.91. The van der Waals surface area contributed by atoms with Gasteiger partial charge in [0, 0.05) is 6.42 Å². The van der Waals surface area contributed by atoms with Gasteiger partial charge in [-0.3, -0.25) is 4.79 Å². The van der Waals surface area contributed by atoms with E-state index >= 15 is 0 Å². The molecular weight excluding hydrogens is 221 g/mol. The predicted octanol–water partition coefficient (Wildman–Crippen LogP) is 3.14. The molecule has 0 spiro atoms. The van der Waals surface area contributed by atoms with Crippen molar-refractivity contribution in [2.75, 3.05) is 5.73 Å². The molecule has 0 bridgehead atoms. The number of rotatable bonds is 3. The standard InChI is InChI=1S/C13H18FNO2/c1-13(2,3)8-7-11(16)17-12-9(14)5-4-6-10(12)15/h4-6H,7-8,15H2,1-3H3. The second-order valence-corrected chi connectivity index (χ2v) is 5.19. The molecule has 17 heavy (non-hydrogen) atoms. The minimum atomic E-state index is -0.617. The number of ether oxygens (including phenoxy) is 1. The van der Waals surface area contributed by atoms with Crippen LogP contribution in [0.2, 0.25) is 0 Å². The first-order chi connectivity index (χ1) is 7.79. The van der Waals surface area contributed by atoms with Crippen LogP contribution in [-0.4, -0.2) is 5.97 Å². The minimum absolute atomic E-state index is 0.0415. The summed E-state index contributed by atoms with van der Waals surface area (Å²) in [6.07, 6.45) is 0.928. The average molecular weight is 239 g/mol. The van der Waals surface area contributed by atoms with Crippen LogP contribution in [0.1, 0.15) is 33.6 Å². The largest absolute Gasteiger partial charge is 0.421 e. The van der Waals surface area contributed by atoms with Gasteiger partial charge in [0.2, 0.25) is 0 Å². The zero-order valence-corrected chi connectivity index (χ0v) is 10.4. The number of esters is 1. The van der Waals surface area contributed by atoms with E-state index in [9.17, 15) is 9.18 Å². The summed E-state index contributed by atoms with van der Waals surface area (Å²) in [5.41, 5.74) is 5.71. The summed E-state index contributed by atoms with van der Waals surface area (Å²) in [6.45, 7) is 6.08. The van der Waals surface area contributed by atoms with Crippen LogP contribution in [0.5, 0.6) is 5.75 Å². The molecule has 4 heteroatoms. The maximum absolute atomic E-state index is 13.3. The zero-order chi connectivity index (χ0) is 13.1. The molecule has 0 atom stereocenters. The molecule has 0 saturated carbocycles. The molecule has 0 aliphatic carbocycles. The van der Waals surface area contributed by atoms with Gasteiger partial charge in [-0.15, -0.1) is 0 Å². The van der Waals surface area contributed by atoms with Crippen molar-refractivity contribution in [1.29, 1.82) is 0 Å². The van der Waals surface area contributed by atoms with Crippen LogP contribution in [-0.2, 0) is 4.79 Å². The Hall–Kier alpha value is -1.58. The van der Waals surface area contributed by atoms with Crippen LogP contribution in [0.25, 0.3) is 0 Å². The molecule has 0 saturated heterocycles. The molecule has 0 aromatic heterocycles. The highest BCUT2D eigenvalue weighted by Gasteiger charge is 2.16. The van der Waals surface area contributed by atoms with Gasteiger partial charge in [-0.05, 0) is 24.0 Å². The van der Waals surface area contributed by atoms with E-state index in [1.165, 1.54) is 18.2 Å². The number of hydrogen-bond donors (Lipinski definition) is 1. The third-order valence-electron chi connectivity index (χ3n) is 2.29. The Balaban J connectivity index is 2.63.